The second-order valence-corrected chi connectivity index (χ2v) is 7.96. The summed E-state index contributed by atoms with van der Waals surface area (Å²) in [6, 6.07) is 9.81. The molecule has 0 aliphatic carbocycles. The lowest BCUT2D eigenvalue weighted by Gasteiger charge is -2.09. The highest BCUT2D eigenvalue weighted by Gasteiger charge is 2.12. The topological polar surface area (TPSA) is 51.2 Å². The minimum Gasteiger partial charge on any atom is -0.496 e. The fourth-order valence-electron chi connectivity index (χ4n) is 2.52. The van der Waals surface area contributed by atoms with E-state index in [1.165, 1.54) is 9.75 Å². The van der Waals surface area contributed by atoms with Gasteiger partial charge in [-0.15, -0.1) is 22.7 Å². The van der Waals surface area contributed by atoms with Crippen molar-refractivity contribution < 1.29 is 9.53 Å². The van der Waals surface area contributed by atoms with Gasteiger partial charge in [-0.2, -0.15) is 0 Å². The first-order chi connectivity index (χ1) is 12.1. The van der Waals surface area contributed by atoms with Crippen molar-refractivity contribution in [1.82, 2.24) is 10.3 Å². The van der Waals surface area contributed by atoms with Crippen molar-refractivity contribution in [3.63, 3.8) is 0 Å². The molecule has 6 heteroatoms. The molecule has 4 nitrogen and oxygen atoms in total. The number of thiophene rings is 1. The molecular formula is C19H20N2O2S2. The molecule has 0 atom stereocenters. The first-order valence-corrected chi connectivity index (χ1v) is 9.70. The molecule has 0 saturated heterocycles. The Kier molecular flexibility index (Phi) is 5.50. The zero-order valence-electron chi connectivity index (χ0n) is 14.5. The third kappa shape index (κ3) is 4.27. The third-order valence-corrected chi connectivity index (χ3v) is 5.73. The Morgan fingerprint density at radius 1 is 1.24 bits per heavy atom. The van der Waals surface area contributed by atoms with E-state index in [-0.39, 0.29) is 5.91 Å². The maximum atomic E-state index is 12.4. The normalized spacial score (nSPS) is 10.7. The molecule has 1 N–H and O–H groups in total. The Balaban J connectivity index is 1.59. The second kappa shape index (κ2) is 7.80. The average molecular weight is 373 g/mol. The number of nitrogens with zero attached hydrogens (tertiary/aromatic N) is 1. The van der Waals surface area contributed by atoms with Crippen molar-refractivity contribution >= 4 is 28.6 Å². The Bertz CT molecular complexity index is 883. The summed E-state index contributed by atoms with van der Waals surface area (Å²) in [6.45, 7) is 4.56. The van der Waals surface area contributed by atoms with E-state index in [0.29, 0.717) is 17.9 Å². The van der Waals surface area contributed by atoms with Gasteiger partial charge >= 0.3 is 0 Å². The maximum absolute atomic E-state index is 12.4. The van der Waals surface area contributed by atoms with E-state index in [0.717, 1.165) is 22.7 Å². The molecule has 0 spiro atoms. The lowest BCUT2D eigenvalue weighted by Crippen LogP contribution is -2.26. The van der Waals surface area contributed by atoms with Gasteiger partial charge in [0.05, 0.1) is 28.3 Å². The predicted octanol–water partition coefficient (Wildman–Crippen LogP) is 4.47. The van der Waals surface area contributed by atoms with Gasteiger partial charge in [0.2, 0.25) is 0 Å². The molecule has 2 aromatic heterocycles. The lowest BCUT2D eigenvalue weighted by atomic mass is 10.1. The zero-order valence-corrected chi connectivity index (χ0v) is 16.1. The number of ether oxygens (including phenoxy) is 1. The van der Waals surface area contributed by atoms with Crippen LogP contribution >= 0.6 is 22.7 Å². The van der Waals surface area contributed by atoms with Gasteiger partial charge in [0, 0.05) is 16.8 Å². The van der Waals surface area contributed by atoms with Crippen LogP contribution in [-0.4, -0.2) is 24.5 Å². The third-order valence-electron chi connectivity index (χ3n) is 3.79. The molecule has 0 bridgehead atoms. The number of thiazole rings is 1. The number of aromatic nitrogens is 1. The highest BCUT2D eigenvalue weighted by atomic mass is 32.1. The summed E-state index contributed by atoms with van der Waals surface area (Å²) in [5.41, 5.74) is 2.65. The molecule has 0 radical (unpaired) electrons. The summed E-state index contributed by atoms with van der Waals surface area (Å²) >= 11 is 3.38. The van der Waals surface area contributed by atoms with Crippen LogP contribution in [0.5, 0.6) is 5.75 Å². The number of carbonyl (C=O) groups excluding carboxylic acids is 1. The smallest absolute Gasteiger partial charge is 0.255 e. The number of carbonyl (C=O) groups is 1. The number of amides is 1. The van der Waals surface area contributed by atoms with Gasteiger partial charge < -0.3 is 10.1 Å². The van der Waals surface area contributed by atoms with E-state index in [4.69, 9.17) is 4.74 Å². The van der Waals surface area contributed by atoms with E-state index in [1.54, 1.807) is 29.8 Å². The molecular weight excluding hydrogens is 352 g/mol. The summed E-state index contributed by atoms with van der Waals surface area (Å²) in [4.78, 5) is 19.3. The van der Waals surface area contributed by atoms with Crippen LogP contribution in [0.3, 0.4) is 0 Å². The molecule has 3 aromatic rings. The van der Waals surface area contributed by atoms with E-state index >= 15 is 0 Å². The van der Waals surface area contributed by atoms with Gasteiger partial charge in [0.1, 0.15) is 5.75 Å². The molecule has 0 aliphatic rings. The number of nitrogens with one attached hydrogen (secondary N) is 1. The zero-order chi connectivity index (χ0) is 17.8. The van der Waals surface area contributed by atoms with Gasteiger partial charge in [-0.25, -0.2) is 4.98 Å². The van der Waals surface area contributed by atoms with Crippen LogP contribution in [0.25, 0.3) is 10.6 Å². The summed E-state index contributed by atoms with van der Waals surface area (Å²) < 4.78 is 5.28. The molecule has 0 saturated carbocycles. The standard InChI is InChI=1S/C19H20N2O2S2/c1-12-4-6-17(23-3)15(10-12)19(22)20-9-8-14-5-7-18(25-14)16-11-24-13(2)21-16/h4-7,10-11H,8-9H2,1-3H3,(H,20,22). The van der Waals surface area contributed by atoms with Gasteiger partial charge in [0.15, 0.2) is 0 Å². The monoisotopic (exact) mass is 372 g/mol. The van der Waals surface area contributed by atoms with Crippen LogP contribution in [0.2, 0.25) is 0 Å². The van der Waals surface area contributed by atoms with Crippen LogP contribution in [0.15, 0.2) is 35.7 Å². The van der Waals surface area contributed by atoms with Crippen LogP contribution < -0.4 is 10.1 Å². The highest BCUT2D eigenvalue weighted by molar-refractivity contribution is 7.16. The van der Waals surface area contributed by atoms with E-state index in [2.05, 4.69) is 27.8 Å². The Labute approximate surface area is 155 Å². The van der Waals surface area contributed by atoms with Crippen molar-refractivity contribution in [3.05, 3.63) is 56.7 Å². The van der Waals surface area contributed by atoms with E-state index in [9.17, 15) is 4.79 Å². The predicted molar refractivity (Wildman–Crippen MR) is 104 cm³/mol. The molecule has 0 fully saturated rings. The van der Waals surface area contributed by atoms with E-state index in [1.807, 2.05) is 32.0 Å². The average Bonchev–Trinajstić information content (AvgIpc) is 3.23. The molecule has 3 rings (SSSR count). The van der Waals surface area contributed by atoms with Crippen molar-refractivity contribution in [2.45, 2.75) is 20.3 Å². The Morgan fingerprint density at radius 3 is 2.80 bits per heavy atom. The first-order valence-electron chi connectivity index (χ1n) is 8.01. The first kappa shape index (κ1) is 17.6. The molecule has 1 aromatic carbocycles. The highest BCUT2D eigenvalue weighted by Crippen LogP contribution is 2.29. The van der Waals surface area contributed by atoms with E-state index < -0.39 is 0 Å². The molecule has 0 unspecified atom stereocenters. The fourth-order valence-corrected chi connectivity index (χ4v) is 4.18. The van der Waals surface area contributed by atoms with Crippen LogP contribution in [0, 0.1) is 13.8 Å². The largest absolute Gasteiger partial charge is 0.496 e. The number of aryl methyl sites for hydroxylation is 2. The van der Waals surface area contributed by atoms with Crippen LogP contribution in [0.4, 0.5) is 0 Å². The summed E-state index contributed by atoms with van der Waals surface area (Å²) in [5, 5.41) is 6.13. The van der Waals surface area contributed by atoms with Crippen molar-refractivity contribution in [2.24, 2.45) is 0 Å². The van der Waals surface area contributed by atoms with Crippen LogP contribution in [0.1, 0.15) is 25.8 Å². The number of hydrogen-bond donors (Lipinski definition) is 1. The summed E-state index contributed by atoms with van der Waals surface area (Å²) in [5.74, 6) is 0.493. The van der Waals surface area contributed by atoms with Gasteiger partial charge in [-0.1, -0.05) is 11.6 Å². The lowest BCUT2D eigenvalue weighted by molar-refractivity contribution is 0.0951. The quantitative estimate of drug-likeness (QED) is 0.694. The van der Waals surface area contributed by atoms with Crippen molar-refractivity contribution in [3.8, 4) is 16.3 Å². The Morgan fingerprint density at radius 2 is 2.08 bits per heavy atom. The molecule has 0 aliphatic heterocycles. The van der Waals surface area contributed by atoms with Crippen LogP contribution in [-0.2, 0) is 6.42 Å². The molecule has 130 valence electrons. The summed E-state index contributed by atoms with van der Waals surface area (Å²) in [6.07, 6.45) is 0.799. The molecule has 25 heavy (non-hydrogen) atoms. The fraction of sp³-hybridized carbons (Fsp3) is 0.263. The van der Waals surface area contributed by atoms with Gasteiger partial charge in [0.25, 0.3) is 5.91 Å². The van der Waals surface area contributed by atoms with Gasteiger partial charge in [-0.3, -0.25) is 4.79 Å². The number of hydrogen-bond acceptors (Lipinski definition) is 5. The molecule has 2 heterocycles. The number of benzene rings is 1. The SMILES string of the molecule is COc1ccc(C)cc1C(=O)NCCc1ccc(-c2csc(C)n2)s1. The Hall–Kier alpha value is -2.18. The minimum absolute atomic E-state index is 0.104. The molecule has 1 amide bonds. The summed E-state index contributed by atoms with van der Waals surface area (Å²) in [7, 11) is 1.58. The minimum atomic E-state index is -0.104. The number of rotatable bonds is 6. The second-order valence-electron chi connectivity index (χ2n) is 5.73. The van der Waals surface area contributed by atoms with Crippen molar-refractivity contribution in [2.75, 3.05) is 13.7 Å². The number of methoxy groups -OCH3 is 1. The van der Waals surface area contributed by atoms with Gasteiger partial charge in [-0.05, 0) is 44.5 Å². The van der Waals surface area contributed by atoms with Crippen molar-refractivity contribution in [1.29, 1.82) is 0 Å². The maximum Gasteiger partial charge on any atom is 0.255 e.